The monoisotopic (exact) mass is 415 g/mol. The van der Waals surface area contributed by atoms with Crippen LogP contribution in [0.15, 0.2) is 53.3 Å². The van der Waals surface area contributed by atoms with E-state index in [1.165, 1.54) is 38.2 Å². The highest BCUT2D eigenvalue weighted by Crippen LogP contribution is 2.56. The third-order valence-corrected chi connectivity index (χ3v) is 8.04. The molecule has 31 heavy (non-hydrogen) atoms. The van der Waals surface area contributed by atoms with E-state index in [9.17, 15) is 14.9 Å². The normalized spacial score (nSPS) is 28.8. The summed E-state index contributed by atoms with van der Waals surface area (Å²) in [7, 11) is 0. The van der Waals surface area contributed by atoms with Crippen molar-refractivity contribution in [1.29, 1.82) is 0 Å². The highest BCUT2D eigenvalue weighted by atomic mass is 16.6. The van der Waals surface area contributed by atoms with E-state index in [0.717, 1.165) is 22.9 Å². The van der Waals surface area contributed by atoms with Crippen molar-refractivity contribution >= 4 is 16.6 Å². The van der Waals surface area contributed by atoms with Crippen LogP contribution in [0.25, 0.3) is 22.2 Å². The van der Waals surface area contributed by atoms with Crippen molar-refractivity contribution in [2.24, 2.45) is 29.6 Å². The van der Waals surface area contributed by atoms with Crippen LogP contribution in [-0.2, 0) is 6.54 Å². The van der Waals surface area contributed by atoms with E-state index in [0.29, 0.717) is 35.4 Å². The molecule has 2 aromatic carbocycles. The Bertz CT molecular complexity index is 1210. The molecular formula is C25H25N3O3. The maximum absolute atomic E-state index is 13.2. The molecule has 0 radical (unpaired) electrons. The van der Waals surface area contributed by atoms with Crippen molar-refractivity contribution < 1.29 is 4.92 Å². The molecule has 0 aliphatic heterocycles. The molecule has 0 amide bonds. The number of aromatic nitrogens is 2. The van der Waals surface area contributed by atoms with Crippen LogP contribution in [0.1, 0.15) is 32.1 Å². The third-order valence-electron chi connectivity index (χ3n) is 8.04. The fourth-order valence-corrected chi connectivity index (χ4v) is 6.92. The lowest BCUT2D eigenvalue weighted by atomic mass is 9.52. The Hall–Kier alpha value is -3.02. The molecule has 4 aliphatic rings. The zero-order chi connectivity index (χ0) is 21.1. The lowest BCUT2D eigenvalue weighted by Crippen LogP contribution is -2.47. The summed E-state index contributed by atoms with van der Waals surface area (Å²) < 4.78 is 1.79. The van der Waals surface area contributed by atoms with Crippen LogP contribution >= 0.6 is 0 Å². The molecule has 4 fully saturated rings. The van der Waals surface area contributed by atoms with Gasteiger partial charge in [-0.1, -0.05) is 30.3 Å². The Morgan fingerprint density at radius 2 is 1.65 bits per heavy atom. The largest absolute Gasteiger partial charge is 0.348 e. The molecule has 1 heterocycles. The van der Waals surface area contributed by atoms with Gasteiger partial charge in [-0.25, -0.2) is 4.79 Å². The summed E-state index contributed by atoms with van der Waals surface area (Å²) in [6.45, 7) is 0.671. The summed E-state index contributed by atoms with van der Waals surface area (Å²) in [5.41, 5.74) is 1.83. The van der Waals surface area contributed by atoms with Gasteiger partial charge in [-0.15, -0.1) is 0 Å². The van der Waals surface area contributed by atoms with Gasteiger partial charge in [0.25, 0.3) is 5.69 Å². The molecule has 4 bridgehead atoms. The van der Waals surface area contributed by atoms with E-state index < -0.39 is 0 Å². The van der Waals surface area contributed by atoms with Crippen molar-refractivity contribution in [3.05, 3.63) is 69.1 Å². The molecule has 4 saturated carbocycles. The van der Waals surface area contributed by atoms with Crippen molar-refractivity contribution in [3.63, 3.8) is 0 Å². The first-order valence-electron chi connectivity index (χ1n) is 11.3. The van der Waals surface area contributed by atoms with E-state index in [1.54, 1.807) is 16.7 Å². The Labute approximate surface area is 180 Å². The number of nitro groups is 1. The lowest BCUT2D eigenvalue weighted by Gasteiger charge is -2.54. The van der Waals surface area contributed by atoms with Crippen LogP contribution in [0.2, 0.25) is 0 Å². The first kappa shape index (κ1) is 18.7. The average Bonchev–Trinajstić information content (AvgIpc) is 2.77. The van der Waals surface area contributed by atoms with Crippen LogP contribution < -0.4 is 5.69 Å². The van der Waals surface area contributed by atoms with Crippen molar-refractivity contribution in [2.45, 2.75) is 38.6 Å². The van der Waals surface area contributed by atoms with Gasteiger partial charge in [0.05, 0.1) is 16.1 Å². The summed E-state index contributed by atoms with van der Waals surface area (Å²) in [6.07, 6.45) is 6.59. The Balaban J connectivity index is 1.48. The Morgan fingerprint density at radius 3 is 2.29 bits per heavy atom. The van der Waals surface area contributed by atoms with E-state index in [2.05, 4.69) is 4.98 Å². The number of benzene rings is 2. The number of hydrogen-bond acceptors (Lipinski definition) is 4. The van der Waals surface area contributed by atoms with Gasteiger partial charge in [0.15, 0.2) is 0 Å². The molecule has 6 nitrogen and oxygen atoms in total. The summed E-state index contributed by atoms with van der Waals surface area (Å²) >= 11 is 0. The lowest BCUT2D eigenvalue weighted by molar-refractivity contribution is -0.384. The topological polar surface area (TPSA) is 78.0 Å². The van der Waals surface area contributed by atoms with Crippen molar-refractivity contribution in [1.82, 2.24) is 9.55 Å². The van der Waals surface area contributed by atoms with Gasteiger partial charge in [0.1, 0.15) is 0 Å². The number of non-ortho nitro benzene ring substituents is 1. The van der Waals surface area contributed by atoms with Gasteiger partial charge in [0, 0.05) is 29.6 Å². The zero-order valence-corrected chi connectivity index (χ0v) is 17.3. The predicted molar refractivity (Wildman–Crippen MR) is 119 cm³/mol. The van der Waals surface area contributed by atoms with Gasteiger partial charge in [0.2, 0.25) is 0 Å². The van der Waals surface area contributed by atoms with Crippen LogP contribution in [-0.4, -0.2) is 14.5 Å². The Kier molecular flexibility index (Phi) is 4.23. The second kappa shape index (κ2) is 7.01. The first-order chi connectivity index (χ1) is 15.1. The highest BCUT2D eigenvalue weighted by Gasteiger charge is 2.48. The van der Waals surface area contributed by atoms with E-state index in [4.69, 9.17) is 0 Å². The van der Waals surface area contributed by atoms with Gasteiger partial charge in [-0.2, -0.15) is 4.98 Å². The van der Waals surface area contributed by atoms with E-state index in [1.807, 2.05) is 30.3 Å². The first-order valence-corrected chi connectivity index (χ1v) is 11.3. The minimum Gasteiger partial charge on any atom is -0.292 e. The number of hydrogen-bond donors (Lipinski definition) is 0. The number of fused-ring (bicyclic) bond motifs is 1. The van der Waals surface area contributed by atoms with Gasteiger partial charge in [-0.3, -0.25) is 14.7 Å². The summed E-state index contributed by atoms with van der Waals surface area (Å²) in [4.78, 5) is 28.7. The summed E-state index contributed by atoms with van der Waals surface area (Å²) in [6, 6.07) is 14.3. The van der Waals surface area contributed by atoms with Crippen molar-refractivity contribution in [2.75, 3.05) is 0 Å². The van der Waals surface area contributed by atoms with Crippen LogP contribution in [0.4, 0.5) is 5.69 Å². The van der Waals surface area contributed by atoms with Crippen LogP contribution in [0.3, 0.4) is 0 Å². The molecule has 0 saturated heterocycles. The molecule has 158 valence electrons. The fourth-order valence-electron chi connectivity index (χ4n) is 6.92. The van der Waals surface area contributed by atoms with Gasteiger partial charge < -0.3 is 0 Å². The summed E-state index contributed by atoms with van der Waals surface area (Å²) in [5.74, 6) is 3.67. The van der Waals surface area contributed by atoms with Gasteiger partial charge >= 0.3 is 5.69 Å². The molecule has 1 aromatic heterocycles. The quantitative estimate of drug-likeness (QED) is 0.442. The second-order valence-corrected chi connectivity index (χ2v) is 9.77. The van der Waals surface area contributed by atoms with Crippen LogP contribution in [0.5, 0.6) is 0 Å². The Morgan fingerprint density at radius 1 is 0.968 bits per heavy atom. The van der Waals surface area contributed by atoms with Crippen molar-refractivity contribution in [3.8, 4) is 11.3 Å². The molecule has 6 heteroatoms. The smallest absolute Gasteiger partial charge is 0.292 e. The maximum atomic E-state index is 13.2. The molecule has 0 spiro atoms. The minimum absolute atomic E-state index is 0.0197. The number of nitro benzene ring substituents is 1. The molecule has 7 rings (SSSR count). The molecular weight excluding hydrogens is 390 g/mol. The second-order valence-electron chi connectivity index (χ2n) is 9.77. The minimum atomic E-state index is -0.387. The number of nitrogens with zero attached hydrogens (tertiary/aromatic N) is 3. The number of rotatable bonds is 4. The molecule has 0 N–H and O–H groups in total. The van der Waals surface area contributed by atoms with Gasteiger partial charge in [-0.05, 0) is 67.8 Å². The molecule has 0 unspecified atom stereocenters. The summed E-state index contributed by atoms with van der Waals surface area (Å²) in [5, 5.41) is 12.1. The molecule has 0 atom stereocenters. The zero-order valence-electron chi connectivity index (χ0n) is 17.3. The van der Waals surface area contributed by atoms with E-state index >= 15 is 0 Å². The molecule has 3 aromatic rings. The van der Waals surface area contributed by atoms with Crippen LogP contribution in [0, 0.1) is 39.7 Å². The average molecular weight is 415 g/mol. The SMILES string of the molecule is O=c1nc(-c2ccccc2)c2cc([N+](=O)[O-])ccc2n1CC1C2CC3CC(C2)CC1C3. The predicted octanol–water partition coefficient (Wildman–Crippen LogP) is 5.04. The highest BCUT2D eigenvalue weighted by molar-refractivity contribution is 5.93. The van der Waals surface area contributed by atoms with E-state index in [-0.39, 0.29) is 16.3 Å². The standard InChI is InChI=1S/C25H25N3O3/c29-25-26-24(17-4-2-1-3-5-17)21-13-20(28(30)31)6-7-23(21)27(25)14-22-18-9-15-8-16(11-18)12-19(22)10-15/h1-7,13,15-16,18-19,22H,8-12,14H2. The maximum Gasteiger partial charge on any atom is 0.348 e. The third kappa shape index (κ3) is 3.08. The molecule has 4 aliphatic carbocycles. The fraction of sp³-hybridized carbons (Fsp3) is 0.440.